The van der Waals surface area contributed by atoms with Crippen LogP contribution < -0.4 is 5.32 Å². The number of anilines is 1. The minimum atomic E-state index is -0.122. The van der Waals surface area contributed by atoms with Gasteiger partial charge in [-0.2, -0.15) is 5.10 Å². The van der Waals surface area contributed by atoms with Gasteiger partial charge in [0.05, 0.1) is 28.8 Å². The largest absolute Gasteiger partial charge is 0.324 e. The molecule has 0 fully saturated rings. The molecule has 2 heterocycles. The predicted molar refractivity (Wildman–Crippen MR) is 101 cm³/mol. The highest BCUT2D eigenvalue weighted by Gasteiger charge is 2.16. The van der Waals surface area contributed by atoms with Crippen molar-refractivity contribution in [2.75, 3.05) is 5.32 Å². The molecule has 26 heavy (non-hydrogen) atoms. The molecule has 2 aromatic heterocycles. The van der Waals surface area contributed by atoms with Crippen LogP contribution in [0.5, 0.6) is 0 Å². The van der Waals surface area contributed by atoms with E-state index in [0.29, 0.717) is 5.95 Å². The fourth-order valence-corrected chi connectivity index (χ4v) is 3.10. The highest BCUT2D eigenvalue weighted by molar-refractivity contribution is 5.92. The van der Waals surface area contributed by atoms with Crippen molar-refractivity contribution in [3.63, 3.8) is 0 Å². The van der Waals surface area contributed by atoms with Crippen LogP contribution in [0.1, 0.15) is 17.0 Å². The molecule has 0 aliphatic rings. The summed E-state index contributed by atoms with van der Waals surface area (Å²) in [7, 11) is 0. The van der Waals surface area contributed by atoms with E-state index in [2.05, 4.69) is 20.4 Å². The number of nitrogens with zero attached hydrogens (tertiary/aromatic N) is 3. The van der Waals surface area contributed by atoms with E-state index in [1.165, 1.54) is 0 Å². The SMILES string of the molecule is Cc1nn(-c2ccccc2)c(C)c1CC(=O)Nc1nc2ccccc2[nH]1. The zero-order valence-electron chi connectivity index (χ0n) is 14.7. The number of hydrogen-bond donors (Lipinski definition) is 2. The van der Waals surface area contributed by atoms with Gasteiger partial charge < -0.3 is 4.98 Å². The van der Waals surface area contributed by atoms with Crippen LogP contribution in [0.15, 0.2) is 54.6 Å². The second kappa shape index (κ2) is 6.48. The number of aromatic nitrogens is 4. The Kier molecular flexibility index (Phi) is 4.01. The van der Waals surface area contributed by atoms with E-state index in [0.717, 1.165) is 33.7 Å². The maximum absolute atomic E-state index is 12.5. The lowest BCUT2D eigenvalue weighted by molar-refractivity contribution is -0.115. The summed E-state index contributed by atoms with van der Waals surface area (Å²) in [6.07, 6.45) is 0.252. The molecule has 4 rings (SSSR count). The Morgan fingerprint density at radius 3 is 2.58 bits per heavy atom. The van der Waals surface area contributed by atoms with Gasteiger partial charge in [-0.15, -0.1) is 0 Å². The molecule has 0 saturated heterocycles. The van der Waals surface area contributed by atoms with Gasteiger partial charge in [-0.3, -0.25) is 10.1 Å². The van der Waals surface area contributed by atoms with Crippen molar-refractivity contribution < 1.29 is 4.79 Å². The molecule has 0 aliphatic heterocycles. The fraction of sp³-hybridized carbons (Fsp3) is 0.150. The van der Waals surface area contributed by atoms with Crippen molar-refractivity contribution in [2.45, 2.75) is 20.3 Å². The molecule has 2 aromatic carbocycles. The summed E-state index contributed by atoms with van der Waals surface area (Å²) in [6.45, 7) is 3.91. The predicted octanol–water partition coefficient (Wildman–Crippen LogP) is 3.55. The number of aromatic amines is 1. The molecule has 0 bridgehead atoms. The fourth-order valence-electron chi connectivity index (χ4n) is 3.10. The highest BCUT2D eigenvalue weighted by atomic mass is 16.1. The number of imidazole rings is 1. The van der Waals surface area contributed by atoms with Crippen molar-refractivity contribution in [3.05, 3.63) is 71.5 Å². The van der Waals surface area contributed by atoms with Crippen LogP contribution >= 0.6 is 0 Å². The summed E-state index contributed by atoms with van der Waals surface area (Å²) < 4.78 is 1.87. The Labute approximate surface area is 150 Å². The molecular weight excluding hydrogens is 326 g/mol. The standard InChI is InChI=1S/C20H19N5O/c1-13-16(14(2)25(24-13)15-8-4-3-5-9-15)12-19(26)23-20-21-17-10-6-7-11-18(17)22-20/h3-11H,12H2,1-2H3,(H2,21,22,23,26). The average Bonchev–Trinajstić information content (AvgIpc) is 3.17. The molecule has 6 nitrogen and oxygen atoms in total. The van der Waals surface area contributed by atoms with E-state index in [1.54, 1.807) is 0 Å². The van der Waals surface area contributed by atoms with E-state index in [-0.39, 0.29) is 12.3 Å². The third-order valence-corrected chi connectivity index (χ3v) is 4.43. The molecule has 0 atom stereocenters. The number of hydrogen-bond acceptors (Lipinski definition) is 3. The summed E-state index contributed by atoms with van der Waals surface area (Å²) in [4.78, 5) is 20.0. The Morgan fingerprint density at radius 1 is 1.08 bits per heavy atom. The van der Waals surface area contributed by atoms with Gasteiger partial charge >= 0.3 is 0 Å². The molecule has 1 amide bonds. The van der Waals surface area contributed by atoms with Crippen LogP contribution in [0.3, 0.4) is 0 Å². The lowest BCUT2D eigenvalue weighted by Crippen LogP contribution is -2.16. The molecule has 6 heteroatoms. The van der Waals surface area contributed by atoms with E-state index in [1.807, 2.05) is 73.1 Å². The number of H-pyrrole nitrogens is 1. The molecule has 0 radical (unpaired) electrons. The molecule has 0 spiro atoms. The van der Waals surface area contributed by atoms with Gasteiger partial charge in [0.25, 0.3) is 0 Å². The Hall–Kier alpha value is -3.41. The Bertz CT molecular complexity index is 1050. The Balaban J connectivity index is 1.55. The van der Waals surface area contributed by atoms with Crippen LogP contribution in [-0.2, 0) is 11.2 Å². The summed E-state index contributed by atoms with van der Waals surface area (Å²) in [6, 6.07) is 17.6. The lowest BCUT2D eigenvalue weighted by Gasteiger charge is -2.05. The molecule has 0 unspecified atom stereocenters. The first-order chi connectivity index (χ1) is 12.6. The molecule has 130 valence electrons. The van der Waals surface area contributed by atoms with E-state index in [9.17, 15) is 4.79 Å². The van der Waals surface area contributed by atoms with Gasteiger partial charge in [-0.25, -0.2) is 9.67 Å². The van der Waals surface area contributed by atoms with Crippen LogP contribution in [0, 0.1) is 13.8 Å². The van der Waals surface area contributed by atoms with Crippen molar-refractivity contribution in [2.24, 2.45) is 0 Å². The maximum atomic E-state index is 12.5. The van der Waals surface area contributed by atoms with E-state index in [4.69, 9.17) is 0 Å². The van der Waals surface area contributed by atoms with E-state index < -0.39 is 0 Å². The van der Waals surface area contributed by atoms with E-state index >= 15 is 0 Å². The number of carbonyl (C=O) groups excluding carboxylic acids is 1. The monoisotopic (exact) mass is 345 g/mol. The third-order valence-electron chi connectivity index (χ3n) is 4.43. The third kappa shape index (κ3) is 2.97. The van der Waals surface area contributed by atoms with Crippen molar-refractivity contribution in [1.82, 2.24) is 19.7 Å². The summed E-state index contributed by atoms with van der Waals surface area (Å²) >= 11 is 0. The first-order valence-electron chi connectivity index (χ1n) is 8.47. The first-order valence-corrected chi connectivity index (χ1v) is 8.47. The molecule has 4 aromatic rings. The number of carbonyl (C=O) groups is 1. The smallest absolute Gasteiger partial charge is 0.231 e. The number of nitrogens with one attached hydrogen (secondary N) is 2. The van der Waals surface area contributed by atoms with Crippen LogP contribution in [-0.4, -0.2) is 25.7 Å². The molecular formula is C20H19N5O. The van der Waals surface area contributed by atoms with Gasteiger partial charge in [0.1, 0.15) is 0 Å². The quantitative estimate of drug-likeness (QED) is 0.594. The van der Waals surface area contributed by atoms with Gasteiger partial charge in [-0.05, 0) is 38.1 Å². The topological polar surface area (TPSA) is 75.6 Å². The zero-order valence-corrected chi connectivity index (χ0v) is 14.7. The maximum Gasteiger partial charge on any atom is 0.231 e. The van der Waals surface area contributed by atoms with Gasteiger partial charge in [0.2, 0.25) is 11.9 Å². The molecule has 0 aliphatic carbocycles. The number of amides is 1. The number of benzene rings is 2. The van der Waals surface area contributed by atoms with Crippen LogP contribution in [0.25, 0.3) is 16.7 Å². The van der Waals surface area contributed by atoms with Crippen molar-refractivity contribution in [1.29, 1.82) is 0 Å². The summed E-state index contributed by atoms with van der Waals surface area (Å²) in [5, 5.41) is 7.43. The highest BCUT2D eigenvalue weighted by Crippen LogP contribution is 2.19. The van der Waals surface area contributed by atoms with Crippen LogP contribution in [0.2, 0.25) is 0 Å². The number of fused-ring (bicyclic) bond motifs is 1. The minimum absolute atomic E-state index is 0.122. The minimum Gasteiger partial charge on any atom is -0.324 e. The number of para-hydroxylation sites is 3. The first kappa shape index (κ1) is 16.1. The van der Waals surface area contributed by atoms with Crippen molar-refractivity contribution in [3.8, 4) is 5.69 Å². The second-order valence-corrected chi connectivity index (χ2v) is 6.22. The van der Waals surface area contributed by atoms with Crippen molar-refractivity contribution >= 4 is 22.9 Å². The summed E-state index contributed by atoms with van der Waals surface area (Å²) in [5.41, 5.74) is 5.46. The van der Waals surface area contributed by atoms with Gasteiger partial charge in [-0.1, -0.05) is 30.3 Å². The molecule has 0 saturated carbocycles. The Morgan fingerprint density at radius 2 is 1.81 bits per heavy atom. The summed E-state index contributed by atoms with van der Waals surface area (Å²) in [5.74, 6) is 0.338. The molecule has 2 N–H and O–H groups in total. The zero-order chi connectivity index (χ0) is 18.1. The lowest BCUT2D eigenvalue weighted by atomic mass is 10.1. The average molecular weight is 345 g/mol. The van der Waals surface area contributed by atoms with Gasteiger partial charge in [0.15, 0.2) is 0 Å². The number of aryl methyl sites for hydroxylation is 1. The van der Waals surface area contributed by atoms with Crippen LogP contribution in [0.4, 0.5) is 5.95 Å². The second-order valence-electron chi connectivity index (χ2n) is 6.22. The normalized spacial score (nSPS) is 11.0. The number of rotatable bonds is 4. The van der Waals surface area contributed by atoms with Gasteiger partial charge in [0, 0.05) is 11.3 Å².